The van der Waals surface area contributed by atoms with Crippen LogP contribution in [0.5, 0.6) is 0 Å². The van der Waals surface area contributed by atoms with Gasteiger partial charge in [-0.3, -0.25) is 4.68 Å². The maximum Gasteiger partial charge on any atom is 0.355 e. The molecule has 102 valence electrons. The molecule has 0 fully saturated rings. The van der Waals surface area contributed by atoms with Gasteiger partial charge in [-0.2, -0.15) is 0 Å². The number of carbonyl (C=O) groups is 1. The minimum atomic E-state index is -0.407. The lowest BCUT2D eigenvalue weighted by atomic mass is 10.4. The Morgan fingerprint density at radius 1 is 1.47 bits per heavy atom. The van der Waals surface area contributed by atoms with E-state index in [0.717, 1.165) is 13.0 Å². The monoisotopic (exact) mass is 263 g/mol. The van der Waals surface area contributed by atoms with Crippen LogP contribution < -0.4 is 5.73 Å². The summed E-state index contributed by atoms with van der Waals surface area (Å²) in [4.78, 5) is 12.0. The summed E-state index contributed by atoms with van der Waals surface area (Å²) in [5, 5.41) is 7.62. The third kappa shape index (κ3) is 3.12. The number of rotatable bonds is 5. The molecular weight excluding hydrogens is 246 g/mol. The Balaban J connectivity index is 2.03. The molecule has 0 atom stereocenters. The standard InChI is InChI=1S/C12H17N5O2/c1-3-4-17-6-9(13)5-11(17)12(18)19-8-10-7-16(2)15-14-10/h5-7H,3-4,8,13H2,1-2H3. The molecule has 2 rings (SSSR count). The van der Waals surface area contributed by atoms with E-state index in [1.165, 1.54) is 0 Å². The minimum absolute atomic E-state index is 0.101. The van der Waals surface area contributed by atoms with Crippen molar-refractivity contribution in [1.82, 2.24) is 19.6 Å². The van der Waals surface area contributed by atoms with Crippen LogP contribution in [0.1, 0.15) is 29.5 Å². The fourth-order valence-corrected chi connectivity index (χ4v) is 1.80. The second-order valence-electron chi connectivity index (χ2n) is 4.31. The molecule has 2 heterocycles. The molecule has 0 saturated heterocycles. The van der Waals surface area contributed by atoms with Gasteiger partial charge in [-0.05, 0) is 12.5 Å². The van der Waals surface area contributed by atoms with E-state index >= 15 is 0 Å². The minimum Gasteiger partial charge on any atom is -0.454 e. The van der Waals surface area contributed by atoms with Crippen LogP contribution in [0.3, 0.4) is 0 Å². The zero-order valence-electron chi connectivity index (χ0n) is 11.0. The van der Waals surface area contributed by atoms with E-state index in [1.54, 1.807) is 34.8 Å². The fraction of sp³-hybridized carbons (Fsp3) is 0.417. The first-order valence-corrected chi connectivity index (χ1v) is 6.08. The van der Waals surface area contributed by atoms with Gasteiger partial charge in [0.25, 0.3) is 0 Å². The molecule has 0 aliphatic heterocycles. The Morgan fingerprint density at radius 2 is 2.26 bits per heavy atom. The van der Waals surface area contributed by atoms with Crippen LogP contribution >= 0.6 is 0 Å². The van der Waals surface area contributed by atoms with E-state index in [9.17, 15) is 4.79 Å². The predicted molar refractivity (Wildman–Crippen MR) is 69.3 cm³/mol. The van der Waals surface area contributed by atoms with Crippen LogP contribution in [-0.4, -0.2) is 25.5 Å². The zero-order chi connectivity index (χ0) is 13.8. The SMILES string of the molecule is CCCn1cc(N)cc1C(=O)OCc1cn(C)nn1. The number of aryl methyl sites for hydroxylation is 2. The Bertz CT molecular complexity index is 572. The van der Waals surface area contributed by atoms with Crippen molar-refractivity contribution in [3.8, 4) is 0 Å². The molecule has 0 radical (unpaired) electrons. The van der Waals surface area contributed by atoms with Gasteiger partial charge in [0.15, 0.2) is 0 Å². The Labute approximate surface area is 111 Å². The van der Waals surface area contributed by atoms with Crippen molar-refractivity contribution >= 4 is 11.7 Å². The third-order valence-corrected chi connectivity index (χ3v) is 2.59. The maximum atomic E-state index is 12.0. The molecule has 0 amide bonds. The highest BCUT2D eigenvalue weighted by Gasteiger charge is 2.14. The highest BCUT2D eigenvalue weighted by atomic mass is 16.5. The van der Waals surface area contributed by atoms with Crippen LogP contribution in [-0.2, 0) is 24.9 Å². The van der Waals surface area contributed by atoms with Crippen LogP contribution in [0.25, 0.3) is 0 Å². The highest BCUT2D eigenvalue weighted by Crippen LogP contribution is 2.13. The van der Waals surface area contributed by atoms with Gasteiger partial charge >= 0.3 is 5.97 Å². The number of anilines is 1. The first-order valence-electron chi connectivity index (χ1n) is 6.08. The molecule has 0 aliphatic rings. The molecule has 7 nitrogen and oxygen atoms in total. The van der Waals surface area contributed by atoms with Crippen LogP contribution in [0.4, 0.5) is 5.69 Å². The van der Waals surface area contributed by atoms with Gasteiger partial charge in [0.05, 0.1) is 11.9 Å². The Hall–Kier alpha value is -2.31. The molecule has 0 aliphatic carbocycles. The van der Waals surface area contributed by atoms with E-state index in [1.807, 2.05) is 6.92 Å². The number of carbonyl (C=O) groups excluding carboxylic acids is 1. The van der Waals surface area contributed by atoms with Crippen molar-refractivity contribution in [3.63, 3.8) is 0 Å². The molecule has 7 heteroatoms. The number of nitrogen functional groups attached to an aromatic ring is 1. The Morgan fingerprint density at radius 3 is 2.89 bits per heavy atom. The van der Waals surface area contributed by atoms with E-state index in [4.69, 9.17) is 10.5 Å². The van der Waals surface area contributed by atoms with Crippen molar-refractivity contribution in [2.45, 2.75) is 26.5 Å². The van der Waals surface area contributed by atoms with Gasteiger partial charge in [-0.25, -0.2) is 4.79 Å². The van der Waals surface area contributed by atoms with Crippen molar-refractivity contribution < 1.29 is 9.53 Å². The number of ether oxygens (including phenoxy) is 1. The molecule has 2 aromatic rings. The summed E-state index contributed by atoms with van der Waals surface area (Å²) in [6.07, 6.45) is 4.35. The third-order valence-electron chi connectivity index (χ3n) is 2.59. The second-order valence-corrected chi connectivity index (χ2v) is 4.31. The Kier molecular flexibility index (Phi) is 3.84. The van der Waals surface area contributed by atoms with Crippen LogP contribution in [0, 0.1) is 0 Å². The zero-order valence-corrected chi connectivity index (χ0v) is 11.0. The van der Waals surface area contributed by atoms with Crippen molar-refractivity contribution in [3.05, 3.63) is 29.8 Å². The first-order chi connectivity index (χ1) is 9.10. The molecule has 0 unspecified atom stereocenters. The van der Waals surface area contributed by atoms with Gasteiger partial charge in [0.2, 0.25) is 0 Å². The normalized spacial score (nSPS) is 10.6. The molecular formula is C12H17N5O2. The number of esters is 1. The van der Waals surface area contributed by atoms with E-state index in [2.05, 4.69) is 10.3 Å². The predicted octanol–water partition coefficient (Wildman–Crippen LogP) is 0.966. The number of hydrogen-bond acceptors (Lipinski definition) is 5. The molecule has 0 spiro atoms. The second kappa shape index (κ2) is 5.55. The molecule has 0 saturated carbocycles. The topological polar surface area (TPSA) is 88.0 Å². The summed E-state index contributed by atoms with van der Waals surface area (Å²) in [5.74, 6) is -0.407. The average molecular weight is 263 g/mol. The quantitative estimate of drug-likeness (QED) is 0.812. The van der Waals surface area contributed by atoms with Crippen molar-refractivity contribution in [1.29, 1.82) is 0 Å². The summed E-state index contributed by atoms with van der Waals surface area (Å²) in [7, 11) is 1.76. The molecule has 19 heavy (non-hydrogen) atoms. The van der Waals surface area contributed by atoms with E-state index in [0.29, 0.717) is 17.1 Å². The number of hydrogen-bond donors (Lipinski definition) is 1. The fourth-order valence-electron chi connectivity index (χ4n) is 1.80. The number of nitrogens with zero attached hydrogens (tertiary/aromatic N) is 4. The molecule has 0 aromatic carbocycles. The number of aromatic nitrogens is 4. The van der Waals surface area contributed by atoms with Gasteiger partial charge in [-0.15, -0.1) is 5.10 Å². The summed E-state index contributed by atoms with van der Waals surface area (Å²) in [6.45, 7) is 2.86. The van der Waals surface area contributed by atoms with Crippen molar-refractivity contribution in [2.75, 3.05) is 5.73 Å². The summed E-state index contributed by atoms with van der Waals surface area (Å²) in [6, 6.07) is 1.62. The summed E-state index contributed by atoms with van der Waals surface area (Å²) >= 11 is 0. The largest absolute Gasteiger partial charge is 0.454 e. The van der Waals surface area contributed by atoms with Gasteiger partial charge in [0, 0.05) is 19.8 Å². The smallest absolute Gasteiger partial charge is 0.355 e. The molecule has 0 bridgehead atoms. The van der Waals surface area contributed by atoms with Gasteiger partial charge < -0.3 is 15.0 Å². The van der Waals surface area contributed by atoms with Crippen molar-refractivity contribution in [2.24, 2.45) is 7.05 Å². The lowest BCUT2D eigenvalue weighted by Crippen LogP contribution is -2.11. The average Bonchev–Trinajstić information content (AvgIpc) is 2.93. The molecule has 2 aromatic heterocycles. The number of nitrogens with two attached hydrogens (primary N) is 1. The van der Waals surface area contributed by atoms with Crippen LogP contribution in [0.2, 0.25) is 0 Å². The highest BCUT2D eigenvalue weighted by molar-refractivity contribution is 5.89. The van der Waals surface area contributed by atoms with Crippen LogP contribution in [0.15, 0.2) is 18.5 Å². The summed E-state index contributed by atoms with van der Waals surface area (Å²) < 4.78 is 8.55. The first kappa shape index (κ1) is 13.1. The lowest BCUT2D eigenvalue weighted by Gasteiger charge is -2.06. The van der Waals surface area contributed by atoms with E-state index in [-0.39, 0.29) is 6.61 Å². The summed E-state index contributed by atoms with van der Waals surface area (Å²) in [5.41, 5.74) is 7.33. The lowest BCUT2D eigenvalue weighted by molar-refractivity contribution is 0.0455. The molecule has 2 N–H and O–H groups in total. The van der Waals surface area contributed by atoms with E-state index < -0.39 is 5.97 Å². The maximum absolute atomic E-state index is 12.0. The van der Waals surface area contributed by atoms with Gasteiger partial charge in [0.1, 0.15) is 18.0 Å². The van der Waals surface area contributed by atoms with Gasteiger partial charge in [-0.1, -0.05) is 12.1 Å².